The predicted molar refractivity (Wildman–Crippen MR) is 76.5 cm³/mol. The van der Waals surface area contributed by atoms with E-state index in [9.17, 15) is 4.79 Å². The molecule has 0 aromatic carbocycles. The molecule has 3 heteroatoms. The van der Waals surface area contributed by atoms with Gasteiger partial charge in [0.2, 0.25) is 0 Å². The van der Waals surface area contributed by atoms with Gasteiger partial charge in [-0.2, -0.15) is 0 Å². The summed E-state index contributed by atoms with van der Waals surface area (Å²) in [5, 5.41) is 2.97. The van der Waals surface area contributed by atoms with Crippen molar-refractivity contribution in [3.8, 4) is 0 Å². The van der Waals surface area contributed by atoms with Crippen molar-refractivity contribution in [2.45, 2.75) is 84.8 Å². The van der Waals surface area contributed by atoms with Crippen LogP contribution in [0.15, 0.2) is 0 Å². The van der Waals surface area contributed by atoms with E-state index in [1.54, 1.807) is 0 Å². The number of nitrogens with one attached hydrogen (secondary N) is 1. The number of hydrogen-bond donors (Lipinski definition) is 1. The first-order valence-electron chi connectivity index (χ1n) is 7.20. The Morgan fingerprint density at radius 1 is 1.28 bits per heavy atom. The number of rotatable bonds is 8. The number of hydrogen-bond acceptors (Lipinski definition) is 2. The quantitative estimate of drug-likeness (QED) is 0.651. The Bertz CT molecular complexity index is 221. The lowest BCUT2D eigenvalue weighted by atomic mass is 10.0. The van der Waals surface area contributed by atoms with Gasteiger partial charge in [-0.15, -0.1) is 0 Å². The first-order chi connectivity index (χ1) is 8.39. The molecule has 0 spiro atoms. The van der Waals surface area contributed by atoms with Gasteiger partial charge in [0, 0.05) is 6.04 Å². The maximum absolute atomic E-state index is 11.7. The summed E-state index contributed by atoms with van der Waals surface area (Å²) in [6.07, 6.45) is 8.49. The molecule has 0 fully saturated rings. The van der Waals surface area contributed by atoms with E-state index in [1.165, 1.54) is 0 Å². The zero-order valence-electron chi connectivity index (χ0n) is 12.7. The highest BCUT2D eigenvalue weighted by atomic mass is 16.6. The van der Waals surface area contributed by atoms with E-state index in [4.69, 9.17) is 4.74 Å². The van der Waals surface area contributed by atoms with Crippen LogP contribution >= 0.6 is 0 Å². The third-order valence-electron chi connectivity index (χ3n) is 2.57. The molecule has 107 valence electrons. The number of unbranched alkanes of at least 4 members (excludes halogenated alkanes) is 3. The van der Waals surface area contributed by atoms with Crippen molar-refractivity contribution in [1.82, 2.24) is 5.32 Å². The van der Waals surface area contributed by atoms with Gasteiger partial charge < -0.3 is 10.1 Å². The lowest BCUT2D eigenvalue weighted by Crippen LogP contribution is -2.39. The molecular formula is C15H30NO2. The second-order valence-corrected chi connectivity index (χ2v) is 5.80. The summed E-state index contributed by atoms with van der Waals surface area (Å²) in [5.74, 6) is 0. The first-order valence-corrected chi connectivity index (χ1v) is 7.20. The standard InChI is InChI=1S/C15H30NO2/c1-6-8-10-12-13(11-9-7-2)16-14(17)18-15(3,4)5/h10,13H,6-9,11-12H2,1-5H3,(H,16,17)/t13-/m1/s1. The minimum atomic E-state index is -0.424. The molecule has 0 aliphatic rings. The summed E-state index contributed by atoms with van der Waals surface area (Å²) in [4.78, 5) is 11.7. The fourth-order valence-electron chi connectivity index (χ4n) is 1.70. The van der Waals surface area contributed by atoms with Crippen LogP contribution in [0.4, 0.5) is 4.79 Å². The second kappa shape index (κ2) is 9.23. The largest absolute Gasteiger partial charge is 0.444 e. The Morgan fingerprint density at radius 3 is 2.44 bits per heavy atom. The van der Waals surface area contributed by atoms with E-state index in [-0.39, 0.29) is 12.1 Å². The molecule has 0 bridgehead atoms. The zero-order valence-corrected chi connectivity index (χ0v) is 12.7. The molecule has 1 amide bonds. The average molecular weight is 256 g/mol. The molecule has 0 unspecified atom stereocenters. The minimum absolute atomic E-state index is 0.214. The zero-order chi connectivity index (χ0) is 14.0. The van der Waals surface area contributed by atoms with E-state index >= 15 is 0 Å². The molecule has 0 heterocycles. The van der Waals surface area contributed by atoms with Gasteiger partial charge in [-0.3, -0.25) is 0 Å². The van der Waals surface area contributed by atoms with E-state index in [2.05, 4.69) is 25.6 Å². The molecule has 0 saturated heterocycles. The van der Waals surface area contributed by atoms with Crippen molar-refractivity contribution in [2.24, 2.45) is 0 Å². The van der Waals surface area contributed by atoms with Gasteiger partial charge in [0.1, 0.15) is 5.60 Å². The van der Waals surface area contributed by atoms with Gasteiger partial charge in [-0.1, -0.05) is 39.5 Å². The summed E-state index contributed by atoms with van der Waals surface area (Å²) in [6, 6.07) is 0.214. The lowest BCUT2D eigenvalue weighted by Gasteiger charge is -2.23. The summed E-state index contributed by atoms with van der Waals surface area (Å²) in [7, 11) is 0. The van der Waals surface area contributed by atoms with Crippen molar-refractivity contribution in [3.63, 3.8) is 0 Å². The van der Waals surface area contributed by atoms with Gasteiger partial charge in [-0.25, -0.2) is 4.79 Å². The summed E-state index contributed by atoms with van der Waals surface area (Å²) in [5.41, 5.74) is -0.424. The van der Waals surface area contributed by atoms with Gasteiger partial charge >= 0.3 is 6.09 Å². The molecule has 1 N–H and O–H groups in total. The van der Waals surface area contributed by atoms with Crippen molar-refractivity contribution >= 4 is 6.09 Å². The summed E-state index contributed by atoms with van der Waals surface area (Å²) in [6.45, 7) is 9.99. The molecule has 1 radical (unpaired) electrons. The van der Waals surface area contributed by atoms with Crippen LogP contribution in [0.25, 0.3) is 0 Å². The highest BCUT2D eigenvalue weighted by Crippen LogP contribution is 2.11. The molecule has 1 atom stereocenters. The molecule has 0 saturated carbocycles. The van der Waals surface area contributed by atoms with E-state index < -0.39 is 5.60 Å². The first kappa shape index (κ1) is 17.3. The Hall–Kier alpha value is -0.730. The SMILES string of the molecule is CCC[CH]C[C@@H](CCCC)NC(=O)OC(C)(C)C. The number of carbonyl (C=O) groups is 1. The molecule has 0 aliphatic heterocycles. The number of carbonyl (C=O) groups excluding carboxylic acids is 1. The van der Waals surface area contributed by atoms with Crippen molar-refractivity contribution in [1.29, 1.82) is 0 Å². The van der Waals surface area contributed by atoms with Crippen LogP contribution in [-0.2, 0) is 4.74 Å². The Balaban J connectivity index is 4.08. The van der Waals surface area contributed by atoms with Crippen LogP contribution in [0.2, 0.25) is 0 Å². The van der Waals surface area contributed by atoms with Gasteiger partial charge in [0.25, 0.3) is 0 Å². The van der Waals surface area contributed by atoms with Crippen LogP contribution in [0, 0.1) is 6.42 Å². The summed E-state index contributed by atoms with van der Waals surface area (Å²) < 4.78 is 5.29. The molecule has 3 nitrogen and oxygen atoms in total. The van der Waals surface area contributed by atoms with Crippen molar-refractivity contribution in [2.75, 3.05) is 0 Å². The van der Waals surface area contributed by atoms with Crippen molar-refractivity contribution < 1.29 is 9.53 Å². The summed E-state index contributed by atoms with van der Waals surface area (Å²) >= 11 is 0. The maximum Gasteiger partial charge on any atom is 0.407 e. The van der Waals surface area contributed by atoms with E-state index in [0.717, 1.165) is 38.5 Å². The molecule has 18 heavy (non-hydrogen) atoms. The van der Waals surface area contributed by atoms with Crippen LogP contribution in [0.1, 0.15) is 73.1 Å². The predicted octanol–water partition coefficient (Wildman–Crippen LogP) is 4.46. The Labute approximate surface area is 113 Å². The number of ether oxygens (including phenoxy) is 1. The van der Waals surface area contributed by atoms with Gasteiger partial charge in [-0.05, 0) is 40.0 Å². The number of alkyl carbamates (subject to hydrolysis) is 1. The van der Waals surface area contributed by atoms with Crippen molar-refractivity contribution in [3.05, 3.63) is 6.42 Å². The molecule has 0 aliphatic carbocycles. The smallest absolute Gasteiger partial charge is 0.407 e. The third kappa shape index (κ3) is 10.4. The lowest BCUT2D eigenvalue weighted by molar-refractivity contribution is 0.0500. The minimum Gasteiger partial charge on any atom is -0.444 e. The van der Waals surface area contributed by atoms with Crippen LogP contribution in [0.5, 0.6) is 0 Å². The van der Waals surface area contributed by atoms with Crippen LogP contribution in [-0.4, -0.2) is 17.7 Å². The topological polar surface area (TPSA) is 38.3 Å². The fourth-order valence-corrected chi connectivity index (χ4v) is 1.70. The normalized spacial score (nSPS) is 13.2. The highest BCUT2D eigenvalue weighted by molar-refractivity contribution is 5.68. The highest BCUT2D eigenvalue weighted by Gasteiger charge is 2.18. The average Bonchev–Trinajstić information content (AvgIpc) is 2.23. The van der Waals surface area contributed by atoms with Gasteiger partial charge in [0.15, 0.2) is 0 Å². The molecule has 0 rings (SSSR count). The fraction of sp³-hybridized carbons (Fsp3) is 0.867. The third-order valence-corrected chi connectivity index (χ3v) is 2.57. The van der Waals surface area contributed by atoms with Gasteiger partial charge in [0.05, 0.1) is 0 Å². The second-order valence-electron chi connectivity index (χ2n) is 5.80. The monoisotopic (exact) mass is 256 g/mol. The maximum atomic E-state index is 11.7. The molecule has 0 aromatic rings. The Morgan fingerprint density at radius 2 is 1.94 bits per heavy atom. The Kier molecular flexibility index (Phi) is 8.86. The number of amides is 1. The van der Waals surface area contributed by atoms with Crippen LogP contribution in [0.3, 0.4) is 0 Å². The van der Waals surface area contributed by atoms with E-state index in [1.807, 2.05) is 20.8 Å². The molecule has 0 aromatic heterocycles. The van der Waals surface area contributed by atoms with E-state index in [0.29, 0.717) is 0 Å². The molecular weight excluding hydrogens is 226 g/mol. The van der Waals surface area contributed by atoms with Crippen LogP contribution < -0.4 is 5.32 Å².